The van der Waals surface area contributed by atoms with Crippen LogP contribution in [0.4, 0.5) is 24.8 Å². The van der Waals surface area contributed by atoms with Crippen LogP contribution in [0.15, 0.2) is 42.9 Å². The highest BCUT2D eigenvalue weighted by atomic mass is 19.4. The normalized spacial score (nSPS) is 17.5. The van der Waals surface area contributed by atoms with Crippen molar-refractivity contribution in [2.24, 2.45) is 0 Å². The lowest BCUT2D eigenvalue weighted by atomic mass is 9.78. The Kier molecular flexibility index (Phi) is 5.11. The fourth-order valence-corrected chi connectivity index (χ4v) is 4.25. The second-order valence-corrected chi connectivity index (χ2v) is 8.31. The summed E-state index contributed by atoms with van der Waals surface area (Å²) < 4.78 is 45.3. The highest BCUT2D eigenvalue weighted by Crippen LogP contribution is 2.45. The van der Waals surface area contributed by atoms with E-state index in [1.165, 1.54) is 6.20 Å². The zero-order chi connectivity index (χ0) is 25.0. The van der Waals surface area contributed by atoms with E-state index in [4.69, 9.17) is 10.5 Å². The predicted octanol–water partition coefficient (Wildman–Crippen LogP) is 3.53. The number of carbonyl (C=O) groups excluding carboxylic acids is 1. The highest BCUT2D eigenvalue weighted by Gasteiger charge is 2.47. The number of nitrogen functional groups attached to an aromatic ring is 1. The van der Waals surface area contributed by atoms with E-state index in [2.05, 4.69) is 25.3 Å². The lowest BCUT2D eigenvalue weighted by Crippen LogP contribution is -2.32. The third-order valence-electron chi connectivity index (χ3n) is 6.11. The third-order valence-corrected chi connectivity index (χ3v) is 6.11. The summed E-state index contributed by atoms with van der Waals surface area (Å²) in [7, 11) is 1.55. The largest absolute Gasteiger partial charge is 0.497 e. The van der Waals surface area contributed by atoms with Gasteiger partial charge in [-0.25, -0.2) is 19.9 Å². The minimum absolute atomic E-state index is 0.0611. The minimum atomic E-state index is -4.34. The Morgan fingerprint density at radius 2 is 1.91 bits per heavy atom. The van der Waals surface area contributed by atoms with Crippen molar-refractivity contribution in [1.29, 1.82) is 0 Å². The molecule has 35 heavy (non-hydrogen) atoms. The van der Waals surface area contributed by atoms with Crippen LogP contribution in [0.2, 0.25) is 0 Å². The van der Waals surface area contributed by atoms with Gasteiger partial charge >= 0.3 is 6.18 Å². The molecule has 9 nitrogen and oxygen atoms in total. The lowest BCUT2D eigenvalue weighted by Gasteiger charge is -2.23. The lowest BCUT2D eigenvalue weighted by molar-refractivity contribution is -0.134. The number of fused-ring (bicyclic) bond motifs is 2. The number of nitrogens with zero attached hydrogens (tertiary/aromatic N) is 5. The Bertz CT molecular complexity index is 1450. The molecule has 4 aromatic rings. The van der Waals surface area contributed by atoms with Crippen molar-refractivity contribution in [3.63, 3.8) is 0 Å². The summed E-state index contributed by atoms with van der Waals surface area (Å²) in [4.78, 5) is 30.4. The van der Waals surface area contributed by atoms with Crippen LogP contribution in [0.3, 0.4) is 0 Å². The number of rotatable bonds is 5. The van der Waals surface area contributed by atoms with E-state index in [1.807, 2.05) is 0 Å². The number of anilines is 2. The van der Waals surface area contributed by atoms with Gasteiger partial charge in [0.05, 0.1) is 18.4 Å². The number of amides is 1. The predicted molar refractivity (Wildman–Crippen MR) is 121 cm³/mol. The van der Waals surface area contributed by atoms with Gasteiger partial charge in [-0.3, -0.25) is 4.79 Å². The number of halogens is 3. The van der Waals surface area contributed by atoms with Gasteiger partial charge in [-0.1, -0.05) is 12.1 Å². The molecule has 3 aromatic heterocycles. The Hall–Kier alpha value is -4.22. The molecule has 1 aromatic carbocycles. The molecule has 1 amide bonds. The van der Waals surface area contributed by atoms with Crippen molar-refractivity contribution in [3.8, 4) is 17.3 Å². The van der Waals surface area contributed by atoms with E-state index >= 15 is 0 Å². The van der Waals surface area contributed by atoms with Crippen LogP contribution < -0.4 is 15.8 Å². The first-order valence-electron chi connectivity index (χ1n) is 10.6. The number of hydrogen-bond acceptors (Lipinski definition) is 7. The molecule has 0 spiro atoms. The quantitative estimate of drug-likeness (QED) is 0.446. The summed E-state index contributed by atoms with van der Waals surface area (Å²) in [6.07, 6.45) is -1.13. The Morgan fingerprint density at radius 1 is 1.17 bits per heavy atom. The fraction of sp³-hybridized carbons (Fsp3) is 0.261. The number of carbonyl (C=O) groups is 1. The number of imidazole rings is 1. The first kappa shape index (κ1) is 22.6. The van der Waals surface area contributed by atoms with E-state index in [1.54, 1.807) is 55.1 Å². The van der Waals surface area contributed by atoms with Crippen molar-refractivity contribution in [2.75, 3.05) is 18.2 Å². The van der Waals surface area contributed by atoms with E-state index in [9.17, 15) is 18.0 Å². The molecule has 0 saturated carbocycles. The summed E-state index contributed by atoms with van der Waals surface area (Å²) in [5.41, 5.74) is 6.93. The summed E-state index contributed by atoms with van der Waals surface area (Å²) >= 11 is 0. The molecule has 1 aliphatic heterocycles. The molecule has 1 aliphatic rings. The van der Waals surface area contributed by atoms with Gasteiger partial charge in [0.25, 0.3) is 0 Å². The minimum Gasteiger partial charge on any atom is -0.497 e. The Morgan fingerprint density at radius 3 is 2.60 bits per heavy atom. The third kappa shape index (κ3) is 3.80. The summed E-state index contributed by atoms with van der Waals surface area (Å²) in [5.74, 6) is 0.660. The molecule has 1 unspecified atom stereocenters. The molecule has 0 radical (unpaired) electrons. The van der Waals surface area contributed by atoms with Crippen LogP contribution in [-0.4, -0.2) is 43.5 Å². The van der Waals surface area contributed by atoms with Gasteiger partial charge in [0.1, 0.15) is 28.5 Å². The van der Waals surface area contributed by atoms with Crippen LogP contribution in [-0.2, 0) is 16.6 Å². The number of nitrogens with two attached hydrogens (primary N) is 1. The molecule has 180 valence electrons. The molecular formula is C23H20F3N7O2. The van der Waals surface area contributed by atoms with Gasteiger partial charge in [0, 0.05) is 31.4 Å². The van der Waals surface area contributed by atoms with Gasteiger partial charge < -0.3 is 20.2 Å². The maximum absolute atomic E-state index is 13.1. The van der Waals surface area contributed by atoms with Gasteiger partial charge in [0.2, 0.25) is 5.91 Å². The number of aromatic nitrogens is 5. The van der Waals surface area contributed by atoms with Gasteiger partial charge in [-0.2, -0.15) is 13.2 Å². The molecule has 4 heterocycles. The standard InChI is InChI=1S/C23H20F3N7O2/c1-22(12-3-5-13(35-2)6-4-12)16-17(27)30-18(31-19(16)32-21(22)34)15-11-33-10-9-28-20(33)14(29-15)7-8-23(24,25)26/h3-6,9-11H,7-8H2,1-2H3,(H3,27,30,31,32,34). The number of alkyl halides is 3. The van der Waals surface area contributed by atoms with Crippen molar-refractivity contribution < 1.29 is 22.7 Å². The molecule has 0 aliphatic carbocycles. The maximum Gasteiger partial charge on any atom is 0.389 e. The SMILES string of the molecule is COc1ccc(C2(C)C(=O)Nc3nc(-c4cn5ccnc5c(CCC(F)(F)F)n4)nc(N)c32)cc1. The van der Waals surface area contributed by atoms with Crippen molar-refractivity contribution in [1.82, 2.24) is 24.3 Å². The molecule has 1 atom stereocenters. The first-order chi connectivity index (χ1) is 16.6. The van der Waals surface area contributed by atoms with Crippen molar-refractivity contribution in [2.45, 2.75) is 31.4 Å². The second kappa shape index (κ2) is 7.93. The molecule has 12 heteroatoms. The van der Waals surface area contributed by atoms with Crippen molar-refractivity contribution in [3.05, 3.63) is 59.7 Å². The molecular weight excluding hydrogens is 463 g/mol. The van der Waals surface area contributed by atoms with Crippen molar-refractivity contribution >= 4 is 23.2 Å². The van der Waals surface area contributed by atoms with Crippen LogP contribution in [0.1, 0.15) is 30.2 Å². The Labute approximate surface area is 197 Å². The highest BCUT2D eigenvalue weighted by molar-refractivity contribution is 6.09. The first-order valence-corrected chi connectivity index (χ1v) is 10.6. The number of nitrogens with one attached hydrogen (secondary N) is 1. The fourth-order valence-electron chi connectivity index (χ4n) is 4.25. The van der Waals surface area contributed by atoms with Crippen LogP contribution >= 0.6 is 0 Å². The zero-order valence-corrected chi connectivity index (χ0v) is 18.7. The van der Waals surface area contributed by atoms with E-state index in [-0.39, 0.29) is 41.2 Å². The topological polar surface area (TPSA) is 120 Å². The summed E-state index contributed by atoms with van der Waals surface area (Å²) in [6, 6.07) is 7.01. The summed E-state index contributed by atoms with van der Waals surface area (Å²) in [6.45, 7) is 1.72. The van der Waals surface area contributed by atoms with E-state index in [0.29, 0.717) is 22.5 Å². The molecule has 0 fully saturated rings. The Balaban J connectivity index is 1.59. The van der Waals surface area contributed by atoms with E-state index < -0.39 is 18.0 Å². The maximum atomic E-state index is 13.1. The number of benzene rings is 1. The molecule has 0 bridgehead atoms. The van der Waals surface area contributed by atoms with Gasteiger partial charge in [0.15, 0.2) is 11.5 Å². The smallest absolute Gasteiger partial charge is 0.389 e. The second-order valence-electron chi connectivity index (χ2n) is 8.31. The average Bonchev–Trinajstić information content (AvgIpc) is 3.40. The van der Waals surface area contributed by atoms with E-state index in [0.717, 1.165) is 0 Å². The van der Waals surface area contributed by atoms with Crippen LogP contribution in [0.5, 0.6) is 5.75 Å². The molecule has 3 N–H and O–H groups in total. The number of methoxy groups -OCH3 is 1. The zero-order valence-electron chi connectivity index (χ0n) is 18.7. The monoisotopic (exact) mass is 483 g/mol. The van der Waals surface area contributed by atoms with Gasteiger partial charge in [-0.05, 0) is 24.6 Å². The summed E-state index contributed by atoms with van der Waals surface area (Å²) in [5, 5.41) is 2.76. The number of aryl methyl sites for hydroxylation is 1. The van der Waals surface area contributed by atoms with Crippen LogP contribution in [0.25, 0.3) is 17.2 Å². The number of ether oxygens (including phenoxy) is 1. The molecule has 5 rings (SSSR count). The number of hydrogen-bond donors (Lipinski definition) is 2. The molecule has 0 saturated heterocycles. The average molecular weight is 483 g/mol. The van der Waals surface area contributed by atoms with Crippen LogP contribution in [0, 0.1) is 0 Å². The van der Waals surface area contributed by atoms with Gasteiger partial charge in [-0.15, -0.1) is 0 Å².